The lowest BCUT2D eigenvalue weighted by molar-refractivity contribution is 1.45. The predicted molar refractivity (Wildman–Crippen MR) is 85.2 cm³/mol. The molecule has 1 heterocycles. The fourth-order valence-corrected chi connectivity index (χ4v) is 1.85. The first-order valence-corrected chi connectivity index (χ1v) is 6.64. The highest BCUT2D eigenvalue weighted by molar-refractivity contribution is 5.85. The lowest BCUT2D eigenvalue weighted by Gasteiger charge is -1.94. The third-order valence-corrected chi connectivity index (χ3v) is 2.61. The zero-order chi connectivity index (χ0) is 14.1. The highest BCUT2D eigenvalue weighted by Gasteiger charge is 2.00. The monoisotopic (exact) mass is 254 g/mol. The van der Waals surface area contributed by atoms with Crippen LogP contribution < -0.4 is 5.73 Å². The summed E-state index contributed by atoms with van der Waals surface area (Å²) in [5.41, 5.74) is 8.10. The molecule has 3 rings (SSSR count). The SMILES string of the molecule is CC.CN.c1ccc(-c2cc3ccccc3[nH]2)cc1. The molecular weight excluding hydrogens is 232 g/mol. The quantitative estimate of drug-likeness (QED) is 0.662. The van der Waals surface area contributed by atoms with E-state index in [4.69, 9.17) is 0 Å². The van der Waals surface area contributed by atoms with Gasteiger partial charge in [-0.05, 0) is 24.7 Å². The van der Waals surface area contributed by atoms with E-state index in [0.717, 1.165) is 0 Å². The molecule has 2 heteroatoms. The van der Waals surface area contributed by atoms with E-state index in [-0.39, 0.29) is 0 Å². The molecule has 0 unspecified atom stereocenters. The number of fused-ring (bicyclic) bond motifs is 1. The summed E-state index contributed by atoms with van der Waals surface area (Å²) in [5, 5.41) is 1.26. The topological polar surface area (TPSA) is 41.8 Å². The minimum Gasteiger partial charge on any atom is -0.355 e. The Bertz CT molecular complexity index is 549. The molecule has 0 bridgehead atoms. The molecule has 2 aromatic carbocycles. The van der Waals surface area contributed by atoms with E-state index in [0.29, 0.717) is 0 Å². The lowest BCUT2D eigenvalue weighted by Crippen LogP contribution is -1.74. The van der Waals surface area contributed by atoms with Gasteiger partial charge in [0.1, 0.15) is 0 Å². The van der Waals surface area contributed by atoms with E-state index in [1.165, 1.54) is 29.2 Å². The van der Waals surface area contributed by atoms with Crippen LogP contribution >= 0.6 is 0 Å². The molecule has 1 aromatic heterocycles. The summed E-state index contributed by atoms with van der Waals surface area (Å²) in [6, 6.07) is 20.9. The Labute approximate surface area is 115 Å². The molecule has 19 heavy (non-hydrogen) atoms. The van der Waals surface area contributed by atoms with Crippen LogP contribution in [0.25, 0.3) is 22.2 Å². The number of H-pyrrole nitrogens is 1. The molecule has 0 saturated carbocycles. The number of hydrogen-bond acceptors (Lipinski definition) is 1. The molecule has 0 aliphatic carbocycles. The second-order valence-corrected chi connectivity index (χ2v) is 3.64. The van der Waals surface area contributed by atoms with Gasteiger partial charge in [0, 0.05) is 16.6 Å². The van der Waals surface area contributed by atoms with Crippen molar-refractivity contribution in [2.75, 3.05) is 7.05 Å². The van der Waals surface area contributed by atoms with Gasteiger partial charge in [-0.1, -0.05) is 62.4 Å². The van der Waals surface area contributed by atoms with Crippen LogP contribution in [0, 0.1) is 0 Å². The van der Waals surface area contributed by atoms with Crippen molar-refractivity contribution in [3.8, 4) is 11.3 Å². The van der Waals surface area contributed by atoms with E-state index >= 15 is 0 Å². The van der Waals surface area contributed by atoms with E-state index in [2.05, 4.69) is 59.2 Å². The summed E-state index contributed by atoms with van der Waals surface area (Å²) in [6.07, 6.45) is 0. The van der Waals surface area contributed by atoms with Crippen LogP contribution in [0.5, 0.6) is 0 Å². The van der Waals surface area contributed by atoms with Gasteiger partial charge in [-0.2, -0.15) is 0 Å². The summed E-state index contributed by atoms with van der Waals surface area (Å²) in [5.74, 6) is 0. The minimum absolute atomic E-state index is 1.18. The summed E-state index contributed by atoms with van der Waals surface area (Å²) in [4.78, 5) is 3.41. The maximum absolute atomic E-state index is 4.50. The van der Waals surface area contributed by atoms with Gasteiger partial charge in [0.25, 0.3) is 0 Å². The van der Waals surface area contributed by atoms with Crippen LogP contribution in [-0.2, 0) is 0 Å². The molecule has 2 nitrogen and oxygen atoms in total. The van der Waals surface area contributed by atoms with Crippen LogP contribution in [0.1, 0.15) is 13.8 Å². The molecule has 0 saturated heterocycles. The fraction of sp³-hybridized carbons (Fsp3) is 0.176. The van der Waals surface area contributed by atoms with E-state index in [1.54, 1.807) is 0 Å². The van der Waals surface area contributed by atoms with E-state index < -0.39 is 0 Å². The van der Waals surface area contributed by atoms with Crippen molar-refractivity contribution in [2.45, 2.75) is 13.8 Å². The number of rotatable bonds is 1. The highest BCUT2D eigenvalue weighted by atomic mass is 14.7. The van der Waals surface area contributed by atoms with Gasteiger partial charge in [-0.15, -0.1) is 0 Å². The molecule has 0 fully saturated rings. The number of aromatic nitrogens is 1. The fourth-order valence-electron chi connectivity index (χ4n) is 1.85. The molecule has 0 radical (unpaired) electrons. The maximum atomic E-state index is 4.50. The van der Waals surface area contributed by atoms with Gasteiger partial charge in [0.2, 0.25) is 0 Å². The standard InChI is InChI=1S/C14H11N.C2H6.CH5N/c1-2-6-11(7-3-1)14-10-12-8-4-5-9-13(12)15-14;2*1-2/h1-10,15H;1-2H3;2H2,1H3. The number of hydrogen-bond donors (Lipinski definition) is 2. The number of para-hydroxylation sites is 1. The molecule has 3 aromatic rings. The second-order valence-electron chi connectivity index (χ2n) is 3.64. The van der Waals surface area contributed by atoms with Gasteiger partial charge >= 0.3 is 0 Å². The largest absolute Gasteiger partial charge is 0.355 e. The molecule has 100 valence electrons. The van der Waals surface area contributed by atoms with Crippen molar-refractivity contribution >= 4 is 10.9 Å². The lowest BCUT2D eigenvalue weighted by atomic mass is 10.1. The zero-order valence-corrected chi connectivity index (χ0v) is 11.9. The van der Waals surface area contributed by atoms with Crippen molar-refractivity contribution in [3.63, 3.8) is 0 Å². The minimum atomic E-state index is 1.18. The highest BCUT2D eigenvalue weighted by Crippen LogP contribution is 2.23. The average molecular weight is 254 g/mol. The zero-order valence-electron chi connectivity index (χ0n) is 11.9. The van der Waals surface area contributed by atoms with Gasteiger partial charge in [0.15, 0.2) is 0 Å². The number of nitrogens with one attached hydrogen (secondary N) is 1. The van der Waals surface area contributed by atoms with Crippen LogP contribution in [-0.4, -0.2) is 12.0 Å². The smallest absolute Gasteiger partial charge is 0.0464 e. The molecule has 0 spiro atoms. The molecule has 0 aliphatic heterocycles. The number of nitrogens with two attached hydrogens (primary N) is 1. The Morgan fingerprint density at radius 3 is 2.00 bits per heavy atom. The van der Waals surface area contributed by atoms with Crippen molar-refractivity contribution in [1.29, 1.82) is 0 Å². The summed E-state index contributed by atoms with van der Waals surface area (Å²) < 4.78 is 0. The van der Waals surface area contributed by atoms with Crippen molar-refractivity contribution in [1.82, 2.24) is 4.98 Å². The van der Waals surface area contributed by atoms with Crippen LogP contribution in [0.4, 0.5) is 0 Å². The Morgan fingerprint density at radius 2 is 1.37 bits per heavy atom. The maximum Gasteiger partial charge on any atom is 0.0464 e. The van der Waals surface area contributed by atoms with Crippen LogP contribution in [0.3, 0.4) is 0 Å². The van der Waals surface area contributed by atoms with Crippen molar-refractivity contribution < 1.29 is 0 Å². The van der Waals surface area contributed by atoms with E-state index in [1.807, 2.05) is 26.0 Å². The molecule has 0 aliphatic rings. The van der Waals surface area contributed by atoms with Gasteiger partial charge in [0.05, 0.1) is 0 Å². The Balaban J connectivity index is 0.000000415. The van der Waals surface area contributed by atoms with Crippen LogP contribution in [0.2, 0.25) is 0 Å². The van der Waals surface area contributed by atoms with Crippen molar-refractivity contribution in [3.05, 3.63) is 60.7 Å². The Kier molecular flexibility index (Phi) is 6.41. The molecule has 0 atom stereocenters. The normalized spacial score (nSPS) is 9.05. The first kappa shape index (κ1) is 15.0. The third-order valence-electron chi connectivity index (χ3n) is 2.61. The second kappa shape index (κ2) is 8.11. The van der Waals surface area contributed by atoms with E-state index in [9.17, 15) is 0 Å². The van der Waals surface area contributed by atoms with Crippen LogP contribution in [0.15, 0.2) is 60.7 Å². The van der Waals surface area contributed by atoms with Gasteiger partial charge in [-0.25, -0.2) is 0 Å². The molecule has 3 N–H and O–H groups in total. The molecular formula is C17H22N2. The Morgan fingerprint density at radius 1 is 0.789 bits per heavy atom. The Hall–Kier alpha value is -2.06. The van der Waals surface area contributed by atoms with Gasteiger partial charge in [-0.3, -0.25) is 0 Å². The summed E-state index contributed by atoms with van der Waals surface area (Å²) in [7, 11) is 1.50. The predicted octanol–water partition coefficient (Wildman–Crippen LogP) is 4.44. The summed E-state index contributed by atoms with van der Waals surface area (Å²) >= 11 is 0. The number of aromatic amines is 1. The number of benzene rings is 2. The average Bonchev–Trinajstić information content (AvgIpc) is 2.96. The third kappa shape index (κ3) is 3.70. The van der Waals surface area contributed by atoms with Gasteiger partial charge < -0.3 is 10.7 Å². The summed E-state index contributed by atoms with van der Waals surface area (Å²) in [6.45, 7) is 4.00. The van der Waals surface area contributed by atoms with Crippen molar-refractivity contribution in [2.24, 2.45) is 5.73 Å². The first-order valence-electron chi connectivity index (χ1n) is 6.64. The first-order chi connectivity index (χ1) is 9.43. The molecule has 0 amide bonds.